The van der Waals surface area contributed by atoms with E-state index in [9.17, 15) is 20.2 Å². The molecule has 8 heteroatoms. The molecule has 1 amide bonds. The summed E-state index contributed by atoms with van der Waals surface area (Å²) < 4.78 is 10.8. The lowest BCUT2D eigenvalue weighted by atomic mass is 9.90. The zero-order chi connectivity index (χ0) is 21.6. The largest absolute Gasteiger partial charge is 0.497 e. The maximum absolute atomic E-state index is 12.3. The van der Waals surface area contributed by atoms with Crippen LogP contribution in [0.1, 0.15) is 20.8 Å². The van der Waals surface area contributed by atoms with Crippen molar-refractivity contribution in [3.8, 4) is 28.7 Å². The molecule has 0 unspecified atom stereocenters. The Hall–Kier alpha value is -3.60. The lowest BCUT2D eigenvalue weighted by Crippen LogP contribution is -2.50. The molecule has 0 saturated carbocycles. The van der Waals surface area contributed by atoms with Gasteiger partial charge in [-0.15, -0.1) is 0 Å². The number of nitro groups is 1. The van der Waals surface area contributed by atoms with Crippen molar-refractivity contribution in [2.24, 2.45) is 5.92 Å². The molecule has 0 radical (unpaired) electrons. The number of non-ortho nitro benzene ring substituents is 1. The molecule has 0 bridgehead atoms. The van der Waals surface area contributed by atoms with Crippen LogP contribution in [0.25, 0.3) is 11.1 Å². The SMILES string of the molecule is COc1ccc(-c2cc([N+](=O)[O-])ccc2OCC(=O)N[C@@](C)(C#N)C(C)C)cc1. The molecule has 2 aromatic rings. The molecule has 152 valence electrons. The van der Waals surface area contributed by atoms with Gasteiger partial charge in [-0.2, -0.15) is 5.26 Å². The lowest BCUT2D eigenvalue weighted by Gasteiger charge is -2.27. The van der Waals surface area contributed by atoms with E-state index in [4.69, 9.17) is 9.47 Å². The highest BCUT2D eigenvalue weighted by Gasteiger charge is 2.30. The van der Waals surface area contributed by atoms with Gasteiger partial charge in [0.05, 0.1) is 18.1 Å². The van der Waals surface area contributed by atoms with Crippen LogP contribution in [0.15, 0.2) is 42.5 Å². The normalized spacial score (nSPS) is 12.6. The second-order valence-electron chi connectivity index (χ2n) is 6.97. The van der Waals surface area contributed by atoms with Crippen LogP contribution in [0, 0.1) is 27.4 Å². The Kier molecular flexibility index (Phi) is 6.78. The number of rotatable bonds is 8. The standard InChI is InChI=1S/C21H23N3O5/c1-14(2)21(3,13-22)23-20(25)12-29-19-10-7-16(24(26)27)11-18(19)15-5-8-17(28-4)9-6-15/h5-11,14H,12H2,1-4H3,(H,23,25)/t21-/m0/s1. The molecule has 1 N–H and O–H groups in total. The minimum atomic E-state index is -1.02. The number of nitrogens with zero attached hydrogens (tertiary/aromatic N) is 2. The number of nitriles is 1. The summed E-state index contributed by atoms with van der Waals surface area (Å²) >= 11 is 0. The fourth-order valence-corrected chi connectivity index (χ4v) is 2.52. The van der Waals surface area contributed by atoms with Crippen molar-refractivity contribution in [1.82, 2.24) is 5.32 Å². The number of benzene rings is 2. The smallest absolute Gasteiger partial charge is 0.270 e. The van der Waals surface area contributed by atoms with Crippen molar-refractivity contribution in [1.29, 1.82) is 5.26 Å². The summed E-state index contributed by atoms with van der Waals surface area (Å²) in [7, 11) is 1.54. The molecule has 29 heavy (non-hydrogen) atoms. The average Bonchev–Trinajstić information content (AvgIpc) is 2.71. The van der Waals surface area contributed by atoms with Gasteiger partial charge in [-0.25, -0.2) is 0 Å². The van der Waals surface area contributed by atoms with Crippen LogP contribution >= 0.6 is 0 Å². The highest BCUT2D eigenvalue weighted by molar-refractivity contribution is 5.80. The number of hydrogen-bond donors (Lipinski definition) is 1. The lowest BCUT2D eigenvalue weighted by molar-refractivity contribution is -0.384. The van der Waals surface area contributed by atoms with E-state index in [1.807, 2.05) is 13.8 Å². The monoisotopic (exact) mass is 397 g/mol. The summed E-state index contributed by atoms with van der Waals surface area (Å²) in [4.78, 5) is 23.0. The Labute approximate surface area is 169 Å². The predicted molar refractivity (Wildman–Crippen MR) is 108 cm³/mol. The zero-order valence-electron chi connectivity index (χ0n) is 16.8. The quantitative estimate of drug-likeness (QED) is 0.536. The molecule has 0 aliphatic carbocycles. The van der Waals surface area contributed by atoms with Gasteiger partial charge < -0.3 is 14.8 Å². The molecule has 0 aliphatic rings. The minimum Gasteiger partial charge on any atom is -0.497 e. The van der Waals surface area contributed by atoms with Gasteiger partial charge in [0.1, 0.15) is 17.0 Å². The topological polar surface area (TPSA) is 114 Å². The molecule has 0 aliphatic heterocycles. The van der Waals surface area contributed by atoms with Gasteiger partial charge in [0, 0.05) is 17.7 Å². The number of nitro benzene ring substituents is 1. The Bertz CT molecular complexity index is 934. The first kappa shape index (κ1) is 21.7. The summed E-state index contributed by atoms with van der Waals surface area (Å²) in [6.07, 6.45) is 0. The van der Waals surface area contributed by atoms with Crippen molar-refractivity contribution in [3.63, 3.8) is 0 Å². The highest BCUT2D eigenvalue weighted by atomic mass is 16.6. The second kappa shape index (κ2) is 9.06. The summed E-state index contributed by atoms with van der Waals surface area (Å²) in [5, 5.41) is 23.2. The maximum atomic E-state index is 12.3. The van der Waals surface area contributed by atoms with Crippen LogP contribution in [0.4, 0.5) is 5.69 Å². The Morgan fingerprint density at radius 1 is 1.28 bits per heavy atom. The van der Waals surface area contributed by atoms with E-state index in [0.29, 0.717) is 22.6 Å². The van der Waals surface area contributed by atoms with Crippen LogP contribution in [0.2, 0.25) is 0 Å². The van der Waals surface area contributed by atoms with E-state index in [0.717, 1.165) is 0 Å². The number of carbonyl (C=O) groups excluding carboxylic acids is 1. The Morgan fingerprint density at radius 2 is 1.93 bits per heavy atom. The van der Waals surface area contributed by atoms with E-state index >= 15 is 0 Å². The molecular weight excluding hydrogens is 374 g/mol. The minimum absolute atomic E-state index is 0.0920. The first-order chi connectivity index (χ1) is 13.7. The highest BCUT2D eigenvalue weighted by Crippen LogP contribution is 2.34. The van der Waals surface area contributed by atoms with Crippen LogP contribution in [-0.2, 0) is 4.79 Å². The number of nitrogens with one attached hydrogen (secondary N) is 1. The number of hydrogen-bond acceptors (Lipinski definition) is 6. The van der Waals surface area contributed by atoms with Gasteiger partial charge in [-0.3, -0.25) is 14.9 Å². The van der Waals surface area contributed by atoms with Crippen LogP contribution < -0.4 is 14.8 Å². The third-order valence-electron chi connectivity index (χ3n) is 4.72. The molecule has 2 rings (SSSR count). The van der Waals surface area contributed by atoms with E-state index in [-0.39, 0.29) is 18.2 Å². The van der Waals surface area contributed by atoms with Gasteiger partial charge in [0.2, 0.25) is 0 Å². The molecule has 2 aromatic carbocycles. The first-order valence-electron chi connectivity index (χ1n) is 8.98. The molecule has 1 atom stereocenters. The molecule has 0 aromatic heterocycles. The van der Waals surface area contributed by atoms with Gasteiger partial charge in [-0.05, 0) is 36.6 Å². The Balaban J connectivity index is 2.27. The van der Waals surface area contributed by atoms with E-state index in [1.54, 1.807) is 38.3 Å². The molecular formula is C21H23N3O5. The third-order valence-corrected chi connectivity index (χ3v) is 4.72. The van der Waals surface area contributed by atoms with Crippen molar-refractivity contribution in [2.45, 2.75) is 26.3 Å². The molecule has 0 saturated heterocycles. The van der Waals surface area contributed by atoms with Crippen molar-refractivity contribution in [2.75, 3.05) is 13.7 Å². The fraction of sp³-hybridized carbons (Fsp3) is 0.333. The maximum Gasteiger partial charge on any atom is 0.270 e. The van der Waals surface area contributed by atoms with Crippen LogP contribution in [0.3, 0.4) is 0 Å². The van der Waals surface area contributed by atoms with Crippen molar-refractivity contribution < 1.29 is 19.2 Å². The van der Waals surface area contributed by atoms with Gasteiger partial charge >= 0.3 is 0 Å². The third kappa shape index (κ3) is 5.23. The van der Waals surface area contributed by atoms with Gasteiger partial charge in [0.15, 0.2) is 6.61 Å². The molecule has 0 heterocycles. The van der Waals surface area contributed by atoms with Crippen LogP contribution in [0.5, 0.6) is 11.5 Å². The molecule has 8 nitrogen and oxygen atoms in total. The van der Waals surface area contributed by atoms with E-state index in [1.165, 1.54) is 18.2 Å². The number of methoxy groups -OCH3 is 1. The first-order valence-corrected chi connectivity index (χ1v) is 8.98. The van der Waals surface area contributed by atoms with Crippen molar-refractivity contribution in [3.05, 3.63) is 52.6 Å². The summed E-state index contributed by atoms with van der Waals surface area (Å²) in [6, 6.07) is 13.2. The number of amides is 1. The van der Waals surface area contributed by atoms with Crippen LogP contribution in [-0.4, -0.2) is 30.1 Å². The summed E-state index contributed by atoms with van der Waals surface area (Å²) in [6.45, 7) is 4.99. The summed E-state index contributed by atoms with van der Waals surface area (Å²) in [5.41, 5.74) is 0.0364. The zero-order valence-corrected chi connectivity index (χ0v) is 16.8. The molecule has 0 fully saturated rings. The predicted octanol–water partition coefficient (Wildman–Crippen LogP) is 3.70. The number of carbonyl (C=O) groups is 1. The van der Waals surface area contributed by atoms with E-state index < -0.39 is 16.4 Å². The van der Waals surface area contributed by atoms with Gasteiger partial charge in [0.25, 0.3) is 11.6 Å². The Morgan fingerprint density at radius 3 is 2.45 bits per heavy atom. The van der Waals surface area contributed by atoms with E-state index in [2.05, 4.69) is 11.4 Å². The summed E-state index contributed by atoms with van der Waals surface area (Å²) in [5.74, 6) is 0.414. The number of ether oxygens (including phenoxy) is 2. The average molecular weight is 397 g/mol. The van der Waals surface area contributed by atoms with Crippen molar-refractivity contribution >= 4 is 11.6 Å². The fourth-order valence-electron chi connectivity index (χ4n) is 2.52. The second-order valence-corrected chi connectivity index (χ2v) is 6.97. The molecule has 0 spiro atoms. The van der Waals surface area contributed by atoms with Gasteiger partial charge in [-0.1, -0.05) is 26.0 Å².